The molecule has 0 aromatic heterocycles. The van der Waals surface area contributed by atoms with Crippen LogP contribution in [-0.2, 0) is 10.0 Å². The van der Waals surface area contributed by atoms with Crippen molar-refractivity contribution in [2.75, 3.05) is 45.9 Å². The Labute approximate surface area is 193 Å². The van der Waals surface area contributed by atoms with Gasteiger partial charge in [0.05, 0.1) is 22.0 Å². The monoisotopic (exact) mass is 479 g/mol. The van der Waals surface area contributed by atoms with E-state index in [4.69, 9.17) is 21.1 Å². The quantitative estimate of drug-likeness (QED) is 0.683. The van der Waals surface area contributed by atoms with E-state index in [1.807, 2.05) is 18.2 Å². The number of para-hydroxylation sites is 2. The summed E-state index contributed by atoms with van der Waals surface area (Å²) in [7, 11) is -3.71. The Morgan fingerprint density at radius 2 is 1.84 bits per heavy atom. The van der Waals surface area contributed by atoms with Crippen molar-refractivity contribution in [1.82, 2.24) is 14.5 Å². The first-order valence-electron chi connectivity index (χ1n) is 10.6. The second kappa shape index (κ2) is 9.66. The van der Waals surface area contributed by atoms with Crippen LogP contribution in [0.25, 0.3) is 0 Å². The lowest BCUT2D eigenvalue weighted by atomic mass is 10.2. The number of fused-ring (bicyclic) bond motifs is 1. The average molecular weight is 480 g/mol. The highest BCUT2D eigenvalue weighted by atomic mass is 35.5. The normalized spacial score (nSPS) is 19.5. The van der Waals surface area contributed by atoms with Crippen LogP contribution < -0.4 is 14.8 Å². The van der Waals surface area contributed by atoms with Gasteiger partial charge in [0.25, 0.3) is 5.91 Å². The number of hydrogen-bond acceptors (Lipinski definition) is 6. The highest BCUT2D eigenvalue weighted by molar-refractivity contribution is 7.89. The van der Waals surface area contributed by atoms with Gasteiger partial charge in [-0.25, -0.2) is 8.42 Å². The minimum Gasteiger partial charge on any atom is -0.486 e. The van der Waals surface area contributed by atoms with Crippen LogP contribution in [0.2, 0.25) is 5.02 Å². The van der Waals surface area contributed by atoms with Crippen molar-refractivity contribution < 1.29 is 22.7 Å². The average Bonchev–Trinajstić information content (AvgIpc) is 2.82. The second-order valence-electron chi connectivity index (χ2n) is 7.69. The smallest absolute Gasteiger partial charge is 0.252 e. The minimum atomic E-state index is -3.71. The van der Waals surface area contributed by atoms with Gasteiger partial charge in [-0.3, -0.25) is 4.79 Å². The Hall–Kier alpha value is -2.33. The van der Waals surface area contributed by atoms with Gasteiger partial charge >= 0.3 is 0 Å². The van der Waals surface area contributed by atoms with E-state index in [0.29, 0.717) is 44.3 Å². The molecule has 1 atom stereocenters. The summed E-state index contributed by atoms with van der Waals surface area (Å²) in [5, 5.41) is 2.95. The molecule has 8 nitrogen and oxygen atoms in total. The molecule has 0 spiro atoms. The van der Waals surface area contributed by atoms with Crippen LogP contribution in [-0.4, -0.2) is 75.5 Å². The van der Waals surface area contributed by atoms with Crippen LogP contribution in [0.3, 0.4) is 0 Å². The van der Waals surface area contributed by atoms with Gasteiger partial charge in [0, 0.05) is 26.2 Å². The van der Waals surface area contributed by atoms with Crippen LogP contribution in [0.5, 0.6) is 11.5 Å². The summed E-state index contributed by atoms with van der Waals surface area (Å²) >= 11 is 6.22. The molecule has 2 aliphatic heterocycles. The van der Waals surface area contributed by atoms with Crippen LogP contribution in [0.4, 0.5) is 0 Å². The highest BCUT2D eigenvalue weighted by Gasteiger charge is 2.29. The number of nitrogens with zero attached hydrogens (tertiary/aromatic N) is 2. The Kier molecular flexibility index (Phi) is 6.90. The van der Waals surface area contributed by atoms with E-state index in [2.05, 4.69) is 17.1 Å². The number of ether oxygens (including phenoxy) is 2. The van der Waals surface area contributed by atoms with Crippen molar-refractivity contribution in [2.24, 2.45) is 0 Å². The van der Waals surface area contributed by atoms with Crippen molar-refractivity contribution in [3.05, 3.63) is 53.1 Å². The number of piperazine rings is 1. The first kappa shape index (κ1) is 22.8. The van der Waals surface area contributed by atoms with E-state index in [1.54, 1.807) is 6.07 Å². The zero-order valence-corrected chi connectivity index (χ0v) is 19.4. The zero-order valence-electron chi connectivity index (χ0n) is 17.8. The molecule has 32 heavy (non-hydrogen) atoms. The number of likely N-dealkylation sites (N-methyl/N-ethyl adjacent to an activating group) is 1. The molecule has 2 heterocycles. The third-order valence-corrected chi connectivity index (χ3v) is 7.88. The lowest BCUT2D eigenvalue weighted by Gasteiger charge is -2.33. The maximum Gasteiger partial charge on any atom is 0.252 e. The van der Waals surface area contributed by atoms with Crippen molar-refractivity contribution >= 4 is 27.5 Å². The molecule has 2 aromatic carbocycles. The molecule has 1 saturated heterocycles. The summed E-state index contributed by atoms with van der Waals surface area (Å²) in [6.45, 7) is 5.63. The summed E-state index contributed by atoms with van der Waals surface area (Å²) < 4.78 is 39.1. The molecule has 172 valence electrons. The molecule has 1 amide bonds. The zero-order chi connectivity index (χ0) is 22.7. The molecule has 0 bridgehead atoms. The number of amides is 1. The first-order valence-corrected chi connectivity index (χ1v) is 12.4. The summed E-state index contributed by atoms with van der Waals surface area (Å²) in [6, 6.07) is 11.5. The molecule has 2 aliphatic rings. The molecular weight excluding hydrogens is 454 g/mol. The Balaban J connectivity index is 1.43. The SMILES string of the molecule is CCN1CCN(S(=O)(=O)c2ccc(Cl)c(C(=O)NC[C@@H]3COc4ccccc4O3)c2)CC1. The lowest BCUT2D eigenvalue weighted by molar-refractivity contribution is 0.0789. The van der Waals surface area contributed by atoms with Gasteiger partial charge in [-0.2, -0.15) is 4.31 Å². The van der Waals surface area contributed by atoms with Gasteiger partial charge in [0.1, 0.15) is 12.7 Å². The third kappa shape index (κ3) is 4.85. The van der Waals surface area contributed by atoms with E-state index in [1.165, 1.54) is 22.5 Å². The lowest BCUT2D eigenvalue weighted by Crippen LogP contribution is -2.48. The van der Waals surface area contributed by atoms with Gasteiger partial charge in [-0.05, 0) is 36.9 Å². The van der Waals surface area contributed by atoms with Crippen molar-refractivity contribution in [3.63, 3.8) is 0 Å². The van der Waals surface area contributed by atoms with Gasteiger partial charge in [0.15, 0.2) is 11.5 Å². The highest BCUT2D eigenvalue weighted by Crippen LogP contribution is 2.30. The minimum absolute atomic E-state index is 0.0585. The first-order chi connectivity index (χ1) is 15.4. The standard InChI is InChI=1S/C22H26ClN3O5S/c1-2-25-9-11-26(12-10-25)32(28,29)17-7-8-19(23)18(13-17)22(27)24-14-16-15-30-20-5-3-4-6-21(20)31-16/h3-8,13,16H,2,9-12,14-15H2,1H3,(H,24,27)/t16-/m1/s1. The number of carbonyl (C=O) groups excluding carboxylic acids is 1. The van der Waals surface area contributed by atoms with E-state index < -0.39 is 15.9 Å². The Bertz CT molecular complexity index is 1090. The summed E-state index contributed by atoms with van der Waals surface area (Å²) in [5.74, 6) is 0.813. The molecule has 2 aromatic rings. The number of carbonyl (C=O) groups is 1. The van der Waals surface area contributed by atoms with Crippen molar-refractivity contribution in [3.8, 4) is 11.5 Å². The van der Waals surface area contributed by atoms with Gasteiger partial charge < -0.3 is 19.7 Å². The molecular formula is C22H26ClN3O5S. The van der Waals surface area contributed by atoms with Gasteiger partial charge in [-0.15, -0.1) is 0 Å². The third-order valence-electron chi connectivity index (χ3n) is 5.66. The van der Waals surface area contributed by atoms with E-state index in [9.17, 15) is 13.2 Å². The molecule has 4 rings (SSSR count). The Morgan fingerprint density at radius 3 is 2.56 bits per heavy atom. The number of nitrogens with one attached hydrogen (secondary N) is 1. The Morgan fingerprint density at radius 1 is 1.12 bits per heavy atom. The second-order valence-corrected chi connectivity index (χ2v) is 10.0. The number of benzene rings is 2. The van der Waals surface area contributed by atoms with Crippen LogP contribution in [0, 0.1) is 0 Å². The fourth-order valence-corrected chi connectivity index (χ4v) is 5.39. The number of sulfonamides is 1. The summed E-state index contributed by atoms with van der Waals surface area (Å²) in [6.07, 6.45) is -0.366. The van der Waals surface area contributed by atoms with Crippen LogP contribution in [0.1, 0.15) is 17.3 Å². The van der Waals surface area contributed by atoms with Crippen molar-refractivity contribution in [1.29, 1.82) is 0 Å². The fraction of sp³-hybridized carbons (Fsp3) is 0.409. The van der Waals surface area contributed by atoms with E-state index in [0.717, 1.165) is 6.54 Å². The summed E-state index contributed by atoms with van der Waals surface area (Å²) in [4.78, 5) is 15.0. The maximum absolute atomic E-state index is 13.1. The van der Waals surface area contributed by atoms with Crippen LogP contribution in [0.15, 0.2) is 47.4 Å². The van der Waals surface area contributed by atoms with Gasteiger partial charge in [-0.1, -0.05) is 30.7 Å². The molecule has 0 saturated carbocycles. The maximum atomic E-state index is 13.1. The molecule has 0 radical (unpaired) electrons. The number of halogens is 1. The molecule has 1 fully saturated rings. The topological polar surface area (TPSA) is 88.2 Å². The predicted molar refractivity (Wildman–Crippen MR) is 121 cm³/mol. The molecule has 0 aliphatic carbocycles. The van der Waals surface area contributed by atoms with Crippen molar-refractivity contribution in [2.45, 2.75) is 17.9 Å². The number of hydrogen-bond donors (Lipinski definition) is 1. The van der Waals surface area contributed by atoms with Crippen LogP contribution >= 0.6 is 11.6 Å². The summed E-state index contributed by atoms with van der Waals surface area (Å²) in [5.41, 5.74) is 0.108. The molecule has 1 N–H and O–H groups in total. The largest absolute Gasteiger partial charge is 0.486 e. The number of rotatable bonds is 6. The fourth-order valence-electron chi connectivity index (χ4n) is 3.74. The predicted octanol–water partition coefficient (Wildman–Crippen LogP) is 2.24. The molecule has 0 unspecified atom stereocenters. The van der Waals surface area contributed by atoms with Gasteiger partial charge in [0.2, 0.25) is 10.0 Å². The molecule has 10 heteroatoms. The van der Waals surface area contributed by atoms with E-state index >= 15 is 0 Å². The van der Waals surface area contributed by atoms with E-state index in [-0.39, 0.29) is 28.1 Å².